The molecule has 2 aromatic heterocycles. The van der Waals surface area contributed by atoms with Gasteiger partial charge in [0.2, 0.25) is 11.1 Å². The zero-order valence-corrected chi connectivity index (χ0v) is 15.2. The lowest BCUT2D eigenvalue weighted by Crippen LogP contribution is -2.12. The van der Waals surface area contributed by atoms with E-state index in [4.69, 9.17) is 0 Å². The largest absolute Gasteiger partial charge is 0.302 e. The number of nitrogens with zero attached hydrogens (tertiary/aromatic N) is 5. The lowest BCUT2D eigenvalue weighted by molar-refractivity contribution is -0.115. The van der Waals surface area contributed by atoms with Crippen LogP contribution in [0, 0.1) is 0 Å². The second-order valence-corrected chi connectivity index (χ2v) is 7.43. The van der Waals surface area contributed by atoms with E-state index in [1.165, 1.54) is 23.1 Å². The highest BCUT2D eigenvalue weighted by molar-refractivity contribution is 7.99. The van der Waals surface area contributed by atoms with Gasteiger partial charge in [0.15, 0.2) is 5.13 Å². The lowest BCUT2D eigenvalue weighted by Gasteiger charge is -2.04. The molecular weight excluding hydrogens is 368 g/mol. The molecule has 0 bridgehead atoms. The molecule has 0 aliphatic carbocycles. The normalized spacial score (nSPS) is 10.9. The molecule has 9 heteroatoms. The summed E-state index contributed by atoms with van der Waals surface area (Å²) in [5.41, 5.74) is 1.78. The molecule has 7 nitrogen and oxygen atoms in total. The zero-order valence-electron chi connectivity index (χ0n) is 13.6. The van der Waals surface area contributed by atoms with Crippen molar-refractivity contribution in [2.24, 2.45) is 0 Å². The number of benzene rings is 2. The van der Waals surface area contributed by atoms with Crippen molar-refractivity contribution in [3.05, 3.63) is 54.6 Å². The van der Waals surface area contributed by atoms with Gasteiger partial charge in [-0.25, -0.2) is 4.98 Å². The number of nitrogens with one attached hydrogen (secondary N) is 1. The van der Waals surface area contributed by atoms with Crippen LogP contribution < -0.4 is 5.32 Å². The molecule has 1 N–H and O–H groups in total. The molecule has 0 atom stereocenters. The first-order valence-corrected chi connectivity index (χ1v) is 9.72. The number of para-hydroxylation sites is 2. The number of tetrazole rings is 1. The van der Waals surface area contributed by atoms with Crippen molar-refractivity contribution in [3.63, 3.8) is 0 Å². The van der Waals surface area contributed by atoms with Gasteiger partial charge in [0.25, 0.3) is 0 Å². The highest BCUT2D eigenvalue weighted by atomic mass is 32.2. The van der Waals surface area contributed by atoms with Gasteiger partial charge in [-0.3, -0.25) is 4.79 Å². The molecule has 2 heterocycles. The summed E-state index contributed by atoms with van der Waals surface area (Å²) < 4.78 is 2.72. The van der Waals surface area contributed by atoms with Crippen LogP contribution in [0.2, 0.25) is 0 Å². The summed E-state index contributed by atoms with van der Waals surface area (Å²) in [7, 11) is 0. The molecular formula is C17H14N6OS2. The maximum Gasteiger partial charge on any atom is 0.226 e. The molecule has 0 spiro atoms. The van der Waals surface area contributed by atoms with E-state index in [-0.39, 0.29) is 5.91 Å². The van der Waals surface area contributed by atoms with Crippen LogP contribution in [0.3, 0.4) is 0 Å². The smallest absolute Gasteiger partial charge is 0.226 e. The van der Waals surface area contributed by atoms with Gasteiger partial charge in [0, 0.05) is 12.2 Å². The van der Waals surface area contributed by atoms with Gasteiger partial charge in [0.1, 0.15) is 0 Å². The molecule has 2 aromatic carbocycles. The molecule has 130 valence electrons. The van der Waals surface area contributed by atoms with Gasteiger partial charge >= 0.3 is 0 Å². The van der Waals surface area contributed by atoms with E-state index in [0.717, 1.165) is 15.9 Å². The minimum absolute atomic E-state index is 0.0738. The monoisotopic (exact) mass is 382 g/mol. The molecule has 0 radical (unpaired) electrons. The van der Waals surface area contributed by atoms with E-state index in [1.54, 1.807) is 4.68 Å². The standard InChI is InChI=1S/C17H14N6OS2/c24-15(19-16-18-13-8-4-5-9-14(13)26-16)10-11-25-17-20-21-22-23(17)12-6-2-1-3-7-12/h1-9H,10-11H2,(H,18,19,24). The van der Waals surface area contributed by atoms with Crippen LogP contribution in [0.25, 0.3) is 15.9 Å². The summed E-state index contributed by atoms with van der Waals surface area (Å²) in [6.07, 6.45) is 0.349. The summed E-state index contributed by atoms with van der Waals surface area (Å²) >= 11 is 2.91. The van der Waals surface area contributed by atoms with Crippen molar-refractivity contribution in [1.29, 1.82) is 0 Å². The van der Waals surface area contributed by atoms with Gasteiger partial charge in [0.05, 0.1) is 15.9 Å². The van der Waals surface area contributed by atoms with Crippen LogP contribution in [0.4, 0.5) is 5.13 Å². The minimum atomic E-state index is -0.0738. The third-order valence-corrected chi connectivity index (χ3v) is 5.42. The summed E-state index contributed by atoms with van der Waals surface area (Å²) in [6.45, 7) is 0. The molecule has 1 amide bonds. The summed E-state index contributed by atoms with van der Waals surface area (Å²) in [5, 5.41) is 15.9. The molecule has 4 aromatic rings. The van der Waals surface area contributed by atoms with Crippen molar-refractivity contribution >= 4 is 44.4 Å². The van der Waals surface area contributed by atoms with Crippen LogP contribution >= 0.6 is 23.1 Å². The van der Waals surface area contributed by atoms with Gasteiger partial charge < -0.3 is 5.32 Å². The average molecular weight is 382 g/mol. The SMILES string of the molecule is O=C(CCSc1nnnn1-c1ccccc1)Nc1nc2ccccc2s1. The Morgan fingerprint density at radius 2 is 1.92 bits per heavy atom. The van der Waals surface area contributed by atoms with E-state index in [0.29, 0.717) is 22.5 Å². The first-order chi connectivity index (χ1) is 12.8. The van der Waals surface area contributed by atoms with E-state index < -0.39 is 0 Å². The Kier molecular flexibility index (Phi) is 4.89. The number of thiazole rings is 1. The molecule has 0 fully saturated rings. The van der Waals surface area contributed by atoms with Crippen LogP contribution in [-0.4, -0.2) is 36.9 Å². The van der Waals surface area contributed by atoms with Crippen LogP contribution in [0.15, 0.2) is 59.8 Å². The predicted molar refractivity (Wildman–Crippen MR) is 103 cm³/mol. The molecule has 0 unspecified atom stereocenters. The number of carbonyl (C=O) groups excluding carboxylic acids is 1. The Labute approximate surface area is 157 Å². The number of rotatable bonds is 6. The fourth-order valence-electron chi connectivity index (χ4n) is 2.34. The van der Waals surface area contributed by atoms with E-state index in [1.807, 2.05) is 54.6 Å². The number of aromatic nitrogens is 5. The first kappa shape index (κ1) is 16.7. The summed E-state index contributed by atoms with van der Waals surface area (Å²) in [5.74, 6) is 0.500. The maximum absolute atomic E-state index is 12.2. The summed E-state index contributed by atoms with van der Waals surface area (Å²) in [6, 6.07) is 17.5. The van der Waals surface area contributed by atoms with Gasteiger partial charge in [-0.05, 0) is 34.7 Å². The second kappa shape index (κ2) is 7.63. The van der Waals surface area contributed by atoms with E-state index >= 15 is 0 Å². The lowest BCUT2D eigenvalue weighted by atomic mass is 10.3. The molecule has 0 saturated heterocycles. The fraction of sp³-hybridized carbons (Fsp3) is 0.118. The Bertz CT molecular complexity index is 997. The van der Waals surface area contributed by atoms with E-state index in [9.17, 15) is 4.79 Å². The molecule has 26 heavy (non-hydrogen) atoms. The van der Waals surface area contributed by atoms with Gasteiger partial charge in [-0.15, -0.1) is 5.10 Å². The number of amides is 1. The molecule has 4 rings (SSSR count). The first-order valence-electron chi connectivity index (χ1n) is 7.91. The third kappa shape index (κ3) is 3.73. The van der Waals surface area contributed by atoms with E-state index in [2.05, 4.69) is 25.8 Å². The molecule has 0 aliphatic heterocycles. The zero-order chi connectivity index (χ0) is 17.8. The third-order valence-electron chi connectivity index (χ3n) is 3.54. The second-order valence-electron chi connectivity index (χ2n) is 5.34. The van der Waals surface area contributed by atoms with Crippen LogP contribution in [0.1, 0.15) is 6.42 Å². The number of fused-ring (bicyclic) bond motifs is 1. The Hall–Kier alpha value is -2.78. The number of anilines is 1. The summed E-state index contributed by atoms with van der Waals surface area (Å²) in [4.78, 5) is 16.6. The van der Waals surface area contributed by atoms with Crippen molar-refractivity contribution in [2.75, 3.05) is 11.1 Å². The quantitative estimate of drug-likeness (QED) is 0.515. The predicted octanol–water partition coefficient (Wildman–Crippen LogP) is 3.39. The highest BCUT2D eigenvalue weighted by Gasteiger charge is 2.11. The number of hydrogen-bond donors (Lipinski definition) is 1. The van der Waals surface area contributed by atoms with Gasteiger partial charge in [-0.1, -0.05) is 53.4 Å². The highest BCUT2D eigenvalue weighted by Crippen LogP contribution is 2.25. The van der Waals surface area contributed by atoms with Crippen LogP contribution in [-0.2, 0) is 4.79 Å². The van der Waals surface area contributed by atoms with Crippen molar-refractivity contribution in [2.45, 2.75) is 11.6 Å². The minimum Gasteiger partial charge on any atom is -0.302 e. The number of thioether (sulfide) groups is 1. The molecule has 0 saturated carbocycles. The fourth-order valence-corrected chi connectivity index (χ4v) is 4.05. The van der Waals surface area contributed by atoms with Gasteiger partial charge in [-0.2, -0.15) is 4.68 Å². The van der Waals surface area contributed by atoms with Crippen molar-refractivity contribution < 1.29 is 4.79 Å². The van der Waals surface area contributed by atoms with Crippen molar-refractivity contribution in [3.8, 4) is 5.69 Å². The Balaban J connectivity index is 1.34. The topological polar surface area (TPSA) is 85.6 Å². The Morgan fingerprint density at radius 3 is 2.77 bits per heavy atom. The number of carbonyl (C=O) groups is 1. The average Bonchev–Trinajstić information content (AvgIpc) is 3.28. The van der Waals surface area contributed by atoms with Crippen molar-refractivity contribution in [1.82, 2.24) is 25.2 Å². The maximum atomic E-state index is 12.2. The molecule has 0 aliphatic rings. The Morgan fingerprint density at radius 1 is 1.12 bits per heavy atom. The number of hydrogen-bond acceptors (Lipinski definition) is 7. The van der Waals surface area contributed by atoms with Crippen LogP contribution in [0.5, 0.6) is 0 Å².